The zero-order valence-corrected chi connectivity index (χ0v) is 14.7. The molecule has 26 heavy (non-hydrogen) atoms. The fraction of sp³-hybridized carbons (Fsp3) is 0.500. The van der Waals surface area contributed by atoms with E-state index in [0.717, 1.165) is 12.8 Å². The third kappa shape index (κ3) is 5.80. The Balaban J connectivity index is 1.63. The number of carboxylic acid groups (broad SMARTS) is 1. The highest BCUT2D eigenvalue weighted by Gasteiger charge is 2.34. The standard InChI is InChI=1S/C18H24FN3O4/c1-2-22(11-17(24)25)15-9-14(10-15)21-16(23)7-8-20-18(26)12-3-5-13(19)6-4-12/h3-6,14-15H,2,7-11H2,1H3,(H,20,26)(H,21,23)(H,24,25). The maximum Gasteiger partial charge on any atom is 0.317 e. The maximum absolute atomic E-state index is 12.8. The van der Waals surface area contributed by atoms with Gasteiger partial charge in [0.1, 0.15) is 5.82 Å². The number of nitrogens with zero attached hydrogens (tertiary/aromatic N) is 1. The highest BCUT2D eigenvalue weighted by atomic mass is 19.1. The number of likely N-dealkylation sites (N-methyl/N-ethyl adjacent to an activating group) is 1. The van der Waals surface area contributed by atoms with Gasteiger partial charge in [0.25, 0.3) is 5.91 Å². The van der Waals surface area contributed by atoms with Gasteiger partial charge in [-0.25, -0.2) is 4.39 Å². The van der Waals surface area contributed by atoms with Gasteiger partial charge in [-0.1, -0.05) is 6.92 Å². The summed E-state index contributed by atoms with van der Waals surface area (Å²) in [5.74, 6) is -1.77. The fourth-order valence-electron chi connectivity index (χ4n) is 2.97. The summed E-state index contributed by atoms with van der Waals surface area (Å²) in [4.78, 5) is 36.4. The second kappa shape index (κ2) is 9.28. The molecule has 0 aliphatic heterocycles. The first kappa shape index (κ1) is 19.8. The van der Waals surface area contributed by atoms with Gasteiger partial charge >= 0.3 is 5.97 Å². The molecule has 0 atom stereocenters. The minimum absolute atomic E-state index is 0.0112. The third-order valence-corrected chi connectivity index (χ3v) is 4.48. The van der Waals surface area contributed by atoms with Crippen LogP contribution < -0.4 is 10.6 Å². The average molecular weight is 365 g/mol. The molecule has 7 nitrogen and oxygen atoms in total. The summed E-state index contributed by atoms with van der Waals surface area (Å²) in [5, 5.41) is 14.4. The number of rotatable bonds is 9. The van der Waals surface area contributed by atoms with Crippen molar-refractivity contribution in [3.63, 3.8) is 0 Å². The van der Waals surface area contributed by atoms with Gasteiger partial charge in [0, 0.05) is 30.6 Å². The summed E-state index contributed by atoms with van der Waals surface area (Å²) in [5.41, 5.74) is 0.340. The zero-order valence-electron chi connectivity index (χ0n) is 14.7. The van der Waals surface area contributed by atoms with E-state index in [9.17, 15) is 18.8 Å². The molecular weight excluding hydrogens is 341 g/mol. The molecule has 1 fully saturated rings. The molecule has 0 spiro atoms. The van der Waals surface area contributed by atoms with E-state index < -0.39 is 11.8 Å². The Kier molecular flexibility index (Phi) is 7.08. The normalized spacial score (nSPS) is 18.9. The molecule has 1 aromatic carbocycles. The lowest BCUT2D eigenvalue weighted by Gasteiger charge is -2.42. The van der Waals surface area contributed by atoms with Gasteiger partial charge < -0.3 is 15.7 Å². The first-order chi connectivity index (χ1) is 12.4. The first-order valence-electron chi connectivity index (χ1n) is 8.68. The van der Waals surface area contributed by atoms with Crippen LogP contribution in [0.2, 0.25) is 0 Å². The van der Waals surface area contributed by atoms with Crippen LogP contribution in [0.1, 0.15) is 36.5 Å². The van der Waals surface area contributed by atoms with Crippen LogP contribution in [0, 0.1) is 5.82 Å². The fourth-order valence-corrected chi connectivity index (χ4v) is 2.97. The molecule has 1 aliphatic rings. The number of halogens is 1. The summed E-state index contributed by atoms with van der Waals surface area (Å²) >= 11 is 0. The molecular formula is C18H24FN3O4. The summed E-state index contributed by atoms with van der Waals surface area (Å²) in [6.07, 6.45) is 1.62. The van der Waals surface area contributed by atoms with Gasteiger partial charge in [-0.05, 0) is 43.7 Å². The van der Waals surface area contributed by atoms with Gasteiger partial charge in [0.05, 0.1) is 6.54 Å². The van der Waals surface area contributed by atoms with E-state index >= 15 is 0 Å². The van der Waals surface area contributed by atoms with E-state index in [2.05, 4.69) is 10.6 Å². The number of amides is 2. The molecule has 0 radical (unpaired) electrons. The minimum Gasteiger partial charge on any atom is -0.480 e. The van der Waals surface area contributed by atoms with Crippen LogP contribution in [0.15, 0.2) is 24.3 Å². The molecule has 0 bridgehead atoms. The minimum atomic E-state index is -0.851. The predicted molar refractivity (Wildman–Crippen MR) is 93.2 cm³/mol. The average Bonchev–Trinajstić information content (AvgIpc) is 2.56. The predicted octanol–water partition coefficient (Wildman–Crippen LogP) is 0.999. The smallest absolute Gasteiger partial charge is 0.317 e. The molecule has 8 heteroatoms. The van der Waals surface area contributed by atoms with Crippen LogP contribution in [-0.4, -0.2) is 59.5 Å². The van der Waals surface area contributed by atoms with Crippen LogP contribution in [0.5, 0.6) is 0 Å². The summed E-state index contributed by atoms with van der Waals surface area (Å²) in [7, 11) is 0. The van der Waals surface area contributed by atoms with Crippen molar-refractivity contribution in [2.45, 2.75) is 38.3 Å². The van der Waals surface area contributed by atoms with Gasteiger partial charge in [-0.2, -0.15) is 0 Å². The van der Waals surface area contributed by atoms with Crippen LogP contribution in [0.4, 0.5) is 4.39 Å². The molecule has 2 amide bonds. The molecule has 3 N–H and O–H groups in total. The van der Waals surface area contributed by atoms with E-state index in [0.29, 0.717) is 12.1 Å². The van der Waals surface area contributed by atoms with E-state index in [1.807, 2.05) is 11.8 Å². The molecule has 2 rings (SSSR count). The quantitative estimate of drug-likeness (QED) is 0.606. The number of carbonyl (C=O) groups is 3. The second-order valence-electron chi connectivity index (χ2n) is 6.36. The Morgan fingerprint density at radius 1 is 1.23 bits per heavy atom. The lowest BCUT2D eigenvalue weighted by molar-refractivity contribution is -0.139. The van der Waals surface area contributed by atoms with E-state index in [1.165, 1.54) is 24.3 Å². The number of hydrogen-bond donors (Lipinski definition) is 3. The summed E-state index contributed by atoms with van der Waals surface area (Å²) < 4.78 is 12.8. The van der Waals surface area contributed by atoms with E-state index in [4.69, 9.17) is 5.11 Å². The Morgan fingerprint density at radius 3 is 2.46 bits per heavy atom. The lowest BCUT2D eigenvalue weighted by atomic mass is 9.85. The van der Waals surface area contributed by atoms with E-state index in [-0.39, 0.29) is 43.4 Å². The summed E-state index contributed by atoms with van der Waals surface area (Å²) in [6, 6.07) is 5.41. The number of aliphatic carboxylic acids is 1. The van der Waals surface area contributed by atoms with Crippen molar-refractivity contribution in [3.8, 4) is 0 Å². The Morgan fingerprint density at radius 2 is 1.88 bits per heavy atom. The van der Waals surface area contributed by atoms with Gasteiger partial charge in [0.2, 0.25) is 5.91 Å². The molecule has 0 unspecified atom stereocenters. The van der Waals surface area contributed by atoms with Gasteiger partial charge in [-0.15, -0.1) is 0 Å². The first-order valence-corrected chi connectivity index (χ1v) is 8.68. The number of carbonyl (C=O) groups excluding carboxylic acids is 2. The Labute approximate surface area is 151 Å². The van der Waals surface area contributed by atoms with Gasteiger partial charge in [0.15, 0.2) is 0 Å². The molecule has 0 aromatic heterocycles. The molecule has 142 valence electrons. The number of hydrogen-bond acceptors (Lipinski definition) is 4. The topological polar surface area (TPSA) is 98.7 Å². The lowest BCUT2D eigenvalue weighted by Crippen LogP contribution is -2.55. The zero-order chi connectivity index (χ0) is 19.1. The third-order valence-electron chi connectivity index (χ3n) is 4.48. The largest absolute Gasteiger partial charge is 0.480 e. The van der Waals surface area contributed by atoms with Crippen molar-refractivity contribution < 1.29 is 23.9 Å². The molecule has 1 aromatic rings. The molecule has 0 saturated heterocycles. The summed E-state index contributed by atoms with van der Waals surface area (Å²) in [6.45, 7) is 2.78. The van der Waals surface area contributed by atoms with Crippen LogP contribution in [0.3, 0.4) is 0 Å². The van der Waals surface area contributed by atoms with Crippen molar-refractivity contribution in [1.82, 2.24) is 15.5 Å². The van der Waals surface area contributed by atoms with Crippen LogP contribution >= 0.6 is 0 Å². The SMILES string of the molecule is CCN(CC(=O)O)C1CC(NC(=O)CCNC(=O)c2ccc(F)cc2)C1. The van der Waals surface area contributed by atoms with Crippen molar-refractivity contribution in [1.29, 1.82) is 0 Å². The Hall–Kier alpha value is -2.48. The highest BCUT2D eigenvalue weighted by molar-refractivity contribution is 5.94. The Bertz CT molecular complexity index is 644. The number of benzene rings is 1. The highest BCUT2D eigenvalue weighted by Crippen LogP contribution is 2.25. The van der Waals surface area contributed by atoms with Crippen LogP contribution in [-0.2, 0) is 9.59 Å². The maximum atomic E-state index is 12.8. The number of carboxylic acids is 1. The molecule has 1 aliphatic carbocycles. The van der Waals surface area contributed by atoms with Crippen molar-refractivity contribution in [2.75, 3.05) is 19.6 Å². The number of nitrogens with one attached hydrogen (secondary N) is 2. The van der Waals surface area contributed by atoms with Crippen molar-refractivity contribution in [3.05, 3.63) is 35.6 Å². The second-order valence-corrected chi connectivity index (χ2v) is 6.36. The van der Waals surface area contributed by atoms with E-state index in [1.54, 1.807) is 0 Å². The molecule has 1 saturated carbocycles. The van der Waals surface area contributed by atoms with Gasteiger partial charge in [-0.3, -0.25) is 19.3 Å². The molecule has 0 heterocycles. The van der Waals surface area contributed by atoms with Crippen LogP contribution in [0.25, 0.3) is 0 Å². The van der Waals surface area contributed by atoms with Crippen molar-refractivity contribution >= 4 is 17.8 Å². The monoisotopic (exact) mass is 365 g/mol. The van der Waals surface area contributed by atoms with Crippen molar-refractivity contribution in [2.24, 2.45) is 0 Å².